The van der Waals surface area contributed by atoms with Crippen LogP contribution in [0, 0.1) is 0 Å². The highest BCUT2D eigenvalue weighted by atomic mass is 32.2. The summed E-state index contributed by atoms with van der Waals surface area (Å²) >= 11 is 1.35. The lowest BCUT2D eigenvalue weighted by atomic mass is 10.1. The molecule has 0 spiro atoms. The van der Waals surface area contributed by atoms with Crippen molar-refractivity contribution in [1.82, 2.24) is 10.2 Å². The first kappa shape index (κ1) is 17.3. The van der Waals surface area contributed by atoms with E-state index in [0.717, 1.165) is 17.7 Å². The lowest BCUT2D eigenvalue weighted by Gasteiger charge is -2.07. The summed E-state index contributed by atoms with van der Waals surface area (Å²) in [6.45, 7) is 1.73. The number of carbonyl (C=O) groups excluding carboxylic acids is 1. The summed E-state index contributed by atoms with van der Waals surface area (Å²) in [4.78, 5) is 11.2. The van der Waals surface area contributed by atoms with Gasteiger partial charge in [-0.05, 0) is 29.8 Å². The van der Waals surface area contributed by atoms with E-state index < -0.39 is 11.7 Å². The number of aromatic nitrogens is 2. The third-order valence-corrected chi connectivity index (χ3v) is 3.89. The number of rotatable bonds is 5. The predicted octanol–water partition coefficient (Wildman–Crippen LogP) is 4.14. The van der Waals surface area contributed by atoms with E-state index in [1.807, 2.05) is 0 Å². The molecule has 0 atom stereocenters. The first-order valence-corrected chi connectivity index (χ1v) is 7.79. The Morgan fingerprint density at radius 1 is 1.13 bits per heavy atom. The van der Waals surface area contributed by atoms with Gasteiger partial charge in [0.25, 0.3) is 0 Å². The Morgan fingerprint density at radius 2 is 1.83 bits per heavy atom. The van der Waals surface area contributed by atoms with E-state index in [0.29, 0.717) is 23.0 Å². The van der Waals surface area contributed by atoms with Crippen LogP contribution in [0.2, 0.25) is 0 Å². The molecule has 0 aliphatic carbocycles. The summed E-state index contributed by atoms with van der Waals surface area (Å²) in [6, 6.07) is 8.34. The van der Waals surface area contributed by atoms with Crippen LogP contribution in [-0.4, -0.2) is 16.1 Å². The quantitative estimate of drug-likeness (QED) is 0.831. The number of halogens is 3. The molecule has 1 heterocycles. The molecular formula is C15H14F3N3OS. The van der Waals surface area contributed by atoms with Crippen molar-refractivity contribution in [3.63, 3.8) is 0 Å². The Morgan fingerprint density at radius 3 is 2.35 bits per heavy atom. The molecule has 4 nitrogen and oxygen atoms in total. The molecule has 0 fully saturated rings. The van der Waals surface area contributed by atoms with Gasteiger partial charge in [-0.15, -0.1) is 10.2 Å². The van der Waals surface area contributed by atoms with Crippen molar-refractivity contribution in [2.24, 2.45) is 0 Å². The van der Waals surface area contributed by atoms with Gasteiger partial charge in [-0.25, -0.2) is 0 Å². The largest absolute Gasteiger partial charge is 0.416 e. The molecule has 1 amide bonds. The van der Waals surface area contributed by atoms with Crippen molar-refractivity contribution in [3.8, 4) is 0 Å². The molecule has 0 aliphatic heterocycles. The maximum Gasteiger partial charge on any atom is 0.416 e. The molecular weight excluding hydrogens is 327 g/mol. The number of alkyl halides is 3. The molecule has 0 saturated carbocycles. The number of nitrogens with one attached hydrogen (secondary N) is 1. The maximum absolute atomic E-state index is 12.5. The van der Waals surface area contributed by atoms with Crippen LogP contribution in [0.15, 0.2) is 41.4 Å². The minimum Gasteiger partial charge on any atom is -0.309 e. The molecule has 0 unspecified atom stereocenters. The first-order valence-electron chi connectivity index (χ1n) is 6.81. The minimum absolute atomic E-state index is 0.149. The number of hydrogen-bond donors (Lipinski definition) is 1. The average Bonchev–Trinajstić information content (AvgIpc) is 2.53. The molecule has 0 saturated heterocycles. The average molecular weight is 341 g/mol. The van der Waals surface area contributed by atoms with Crippen LogP contribution < -0.4 is 5.32 Å². The number of carbonyl (C=O) groups is 1. The summed E-state index contributed by atoms with van der Waals surface area (Å²) in [5.41, 5.74) is 0.0928. The van der Waals surface area contributed by atoms with Crippen molar-refractivity contribution in [2.75, 3.05) is 5.32 Å². The number of nitrogens with zero attached hydrogens (tertiary/aromatic N) is 2. The smallest absolute Gasteiger partial charge is 0.309 e. The first-order chi connectivity index (χ1) is 10.9. The summed E-state index contributed by atoms with van der Waals surface area (Å²) in [6.07, 6.45) is -3.97. The molecule has 0 bridgehead atoms. The van der Waals surface area contributed by atoms with Gasteiger partial charge < -0.3 is 5.32 Å². The van der Waals surface area contributed by atoms with E-state index in [9.17, 15) is 18.0 Å². The molecule has 8 heteroatoms. The topological polar surface area (TPSA) is 54.9 Å². The van der Waals surface area contributed by atoms with Crippen LogP contribution in [0.1, 0.15) is 24.5 Å². The van der Waals surface area contributed by atoms with Gasteiger partial charge in [-0.1, -0.05) is 30.8 Å². The van der Waals surface area contributed by atoms with Crippen LogP contribution >= 0.6 is 11.8 Å². The van der Waals surface area contributed by atoms with Crippen LogP contribution in [0.5, 0.6) is 0 Å². The fraction of sp³-hybridized carbons (Fsp3) is 0.267. The van der Waals surface area contributed by atoms with Gasteiger partial charge >= 0.3 is 6.18 Å². The summed E-state index contributed by atoms with van der Waals surface area (Å²) in [5.74, 6) is 0.702. The van der Waals surface area contributed by atoms with Crippen LogP contribution in [0.25, 0.3) is 0 Å². The summed E-state index contributed by atoms with van der Waals surface area (Å²) in [7, 11) is 0. The van der Waals surface area contributed by atoms with Crippen molar-refractivity contribution in [1.29, 1.82) is 0 Å². The van der Waals surface area contributed by atoms with Crippen LogP contribution in [-0.2, 0) is 16.7 Å². The highest BCUT2D eigenvalue weighted by Crippen LogP contribution is 2.30. The number of amides is 1. The van der Waals surface area contributed by atoms with E-state index in [1.165, 1.54) is 23.9 Å². The zero-order valence-electron chi connectivity index (χ0n) is 12.2. The van der Waals surface area contributed by atoms with Crippen LogP contribution in [0.3, 0.4) is 0 Å². The third-order valence-electron chi connectivity index (χ3n) is 2.90. The zero-order valence-corrected chi connectivity index (χ0v) is 13.0. The molecule has 2 rings (SSSR count). The summed E-state index contributed by atoms with van der Waals surface area (Å²) < 4.78 is 37.4. The van der Waals surface area contributed by atoms with Crippen LogP contribution in [0.4, 0.5) is 19.0 Å². The second-order valence-electron chi connectivity index (χ2n) is 4.64. The van der Waals surface area contributed by atoms with Crippen molar-refractivity contribution >= 4 is 23.5 Å². The highest BCUT2D eigenvalue weighted by Gasteiger charge is 2.29. The van der Waals surface area contributed by atoms with E-state index in [1.54, 1.807) is 19.1 Å². The van der Waals surface area contributed by atoms with E-state index in [4.69, 9.17) is 0 Å². The number of benzene rings is 1. The number of thioether (sulfide) groups is 1. The molecule has 0 radical (unpaired) electrons. The Kier molecular flexibility index (Phi) is 5.59. The Hall–Kier alpha value is -2.09. The zero-order chi connectivity index (χ0) is 16.9. The van der Waals surface area contributed by atoms with Gasteiger partial charge in [0.15, 0.2) is 5.82 Å². The van der Waals surface area contributed by atoms with E-state index in [-0.39, 0.29) is 5.91 Å². The van der Waals surface area contributed by atoms with E-state index in [2.05, 4.69) is 15.5 Å². The number of hydrogen-bond acceptors (Lipinski definition) is 4. The van der Waals surface area contributed by atoms with Gasteiger partial charge in [0.05, 0.1) is 5.56 Å². The SMILES string of the molecule is CCC(=O)Nc1ccc(SCc2ccc(C(F)(F)F)cc2)nn1. The lowest BCUT2D eigenvalue weighted by molar-refractivity contribution is -0.137. The number of anilines is 1. The maximum atomic E-state index is 12.5. The molecule has 1 aromatic carbocycles. The van der Waals surface area contributed by atoms with Gasteiger partial charge in [0, 0.05) is 12.2 Å². The fourth-order valence-corrected chi connectivity index (χ4v) is 2.41. The van der Waals surface area contributed by atoms with Gasteiger partial charge in [-0.2, -0.15) is 13.2 Å². The normalized spacial score (nSPS) is 11.3. The predicted molar refractivity (Wildman–Crippen MR) is 82.0 cm³/mol. The second-order valence-corrected chi connectivity index (χ2v) is 5.64. The molecule has 122 valence electrons. The molecule has 1 aromatic heterocycles. The molecule has 23 heavy (non-hydrogen) atoms. The standard InChI is InChI=1S/C15H14F3N3OS/c1-2-13(22)19-12-7-8-14(21-20-12)23-9-10-3-5-11(6-4-10)15(16,17)18/h3-8H,2,9H2,1H3,(H,19,20,22). The summed E-state index contributed by atoms with van der Waals surface area (Å²) in [5, 5.41) is 11.0. The monoisotopic (exact) mass is 341 g/mol. The van der Waals surface area contributed by atoms with Crippen molar-refractivity contribution in [2.45, 2.75) is 30.3 Å². The molecule has 1 N–H and O–H groups in total. The third kappa shape index (κ3) is 5.24. The fourth-order valence-electron chi connectivity index (χ4n) is 1.64. The molecule has 0 aliphatic rings. The Bertz CT molecular complexity index is 657. The second kappa shape index (κ2) is 7.45. The van der Waals surface area contributed by atoms with E-state index >= 15 is 0 Å². The lowest BCUT2D eigenvalue weighted by Crippen LogP contribution is -2.11. The molecule has 2 aromatic rings. The van der Waals surface area contributed by atoms with Gasteiger partial charge in [-0.3, -0.25) is 4.79 Å². The highest BCUT2D eigenvalue weighted by molar-refractivity contribution is 7.98. The minimum atomic E-state index is -4.32. The Labute approximate surface area is 135 Å². The van der Waals surface area contributed by atoms with Gasteiger partial charge in [0.2, 0.25) is 5.91 Å². The van der Waals surface area contributed by atoms with Crippen molar-refractivity contribution in [3.05, 3.63) is 47.5 Å². The van der Waals surface area contributed by atoms with Gasteiger partial charge in [0.1, 0.15) is 5.03 Å². The Balaban J connectivity index is 1.92. The van der Waals surface area contributed by atoms with Crippen molar-refractivity contribution < 1.29 is 18.0 Å².